The number of benzene rings is 1. The van der Waals surface area contributed by atoms with Crippen LogP contribution in [0.15, 0.2) is 30.3 Å². The van der Waals surface area contributed by atoms with Gasteiger partial charge in [0.2, 0.25) is 0 Å². The molecule has 17 heavy (non-hydrogen) atoms. The Morgan fingerprint density at radius 2 is 2.18 bits per heavy atom. The first kappa shape index (κ1) is 12.3. The molecule has 0 N–H and O–H groups in total. The lowest BCUT2D eigenvalue weighted by Gasteiger charge is -2.15. The van der Waals surface area contributed by atoms with Gasteiger partial charge in [-0.25, -0.2) is 0 Å². The van der Waals surface area contributed by atoms with Crippen molar-refractivity contribution in [3.05, 3.63) is 35.9 Å². The van der Waals surface area contributed by atoms with Crippen molar-refractivity contribution in [3.8, 4) is 0 Å². The Balaban J connectivity index is 1.84. The zero-order valence-corrected chi connectivity index (χ0v) is 10.0. The first-order chi connectivity index (χ1) is 8.16. The maximum Gasteiger partial charge on any atom is 0.183 e. The third-order valence-electron chi connectivity index (χ3n) is 3.10. The van der Waals surface area contributed by atoms with E-state index in [0.717, 1.165) is 5.56 Å². The number of ether oxygens (including phenoxy) is 1. The molecule has 3 nitrogen and oxygen atoms in total. The molecular weight excluding hydrogens is 213 g/mol. The number of hydrogen-bond acceptors (Lipinski definition) is 3. The van der Waals surface area contributed by atoms with E-state index in [0.29, 0.717) is 19.6 Å². The van der Waals surface area contributed by atoms with Crippen molar-refractivity contribution in [2.45, 2.75) is 32.1 Å². The summed E-state index contributed by atoms with van der Waals surface area (Å²) in [6, 6.07) is 9.82. The van der Waals surface area contributed by atoms with E-state index in [4.69, 9.17) is 12.7 Å². The highest BCUT2D eigenvalue weighted by Gasteiger charge is 2.32. The Hall–Kier alpha value is -1.13. The first-order valence-corrected chi connectivity index (χ1v) is 5.84. The highest BCUT2D eigenvalue weighted by Crippen LogP contribution is 2.19. The molecule has 0 aromatic heterocycles. The van der Waals surface area contributed by atoms with Crippen molar-refractivity contribution in [3.63, 3.8) is 0 Å². The van der Waals surface area contributed by atoms with E-state index >= 15 is 0 Å². The third-order valence-corrected chi connectivity index (χ3v) is 3.10. The topological polar surface area (TPSA) is 29.5 Å². The molecule has 0 aliphatic carbocycles. The lowest BCUT2D eigenvalue weighted by Crippen LogP contribution is -2.32. The van der Waals surface area contributed by atoms with Crippen LogP contribution in [-0.4, -0.2) is 37.3 Å². The second-order valence-corrected chi connectivity index (χ2v) is 4.48. The number of carbonyl (C=O) groups is 1. The molecule has 1 saturated heterocycles. The van der Waals surface area contributed by atoms with Crippen LogP contribution in [0.25, 0.3) is 0 Å². The summed E-state index contributed by atoms with van der Waals surface area (Å²) >= 11 is 0. The number of nitrogens with zero attached hydrogens (tertiary/aromatic N) is 1. The molecule has 2 atom stereocenters. The molecule has 1 fully saturated rings. The van der Waals surface area contributed by atoms with Crippen molar-refractivity contribution >= 4 is 13.8 Å². The lowest BCUT2D eigenvalue weighted by molar-refractivity contribution is -0.120. The van der Waals surface area contributed by atoms with Crippen LogP contribution in [0.2, 0.25) is 0 Å². The van der Waals surface area contributed by atoms with Gasteiger partial charge in [0, 0.05) is 6.54 Å². The van der Waals surface area contributed by atoms with Gasteiger partial charge < -0.3 is 9.55 Å². The molecular formula is C13H16BNO2. The Bertz CT molecular complexity index is 382. The number of ketones is 1. The molecule has 1 heterocycles. The Morgan fingerprint density at radius 1 is 1.47 bits per heavy atom. The minimum atomic E-state index is -0.184. The van der Waals surface area contributed by atoms with Crippen molar-refractivity contribution in [2.75, 3.05) is 6.54 Å². The van der Waals surface area contributed by atoms with Gasteiger partial charge in [-0.15, -0.1) is 0 Å². The van der Waals surface area contributed by atoms with E-state index in [1.165, 1.54) is 0 Å². The fourth-order valence-corrected chi connectivity index (χ4v) is 2.13. The number of rotatable bonds is 4. The van der Waals surface area contributed by atoms with Gasteiger partial charge in [-0.05, 0) is 18.9 Å². The predicted molar refractivity (Wildman–Crippen MR) is 66.6 cm³/mol. The van der Waals surface area contributed by atoms with Crippen LogP contribution in [-0.2, 0) is 16.1 Å². The summed E-state index contributed by atoms with van der Waals surface area (Å²) in [4.78, 5) is 12.9. The van der Waals surface area contributed by atoms with Gasteiger partial charge >= 0.3 is 0 Å². The molecule has 0 unspecified atom stereocenters. The van der Waals surface area contributed by atoms with E-state index in [1.54, 1.807) is 11.7 Å². The fourth-order valence-electron chi connectivity index (χ4n) is 2.13. The SMILES string of the molecule is [B]N1C[C@H](OCc2ccccc2)C[C@H]1C(C)=O. The second-order valence-electron chi connectivity index (χ2n) is 4.48. The quantitative estimate of drug-likeness (QED) is 0.729. The van der Waals surface area contributed by atoms with Gasteiger partial charge in [0.1, 0.15) is 5.78 Å². The van der Waals surface area contributed by atoms with Gasteiger partial charge in [-0.1, -0.05) is 30.3 Å². The van der Waals surface area contributed by atoms with Crippen LogP contribution in [0.4, 0.5) is 0 Å². The Kier molecular flexibility index (Phi) is 3.97. The monoisotopic (exact) mass is 229 g/mol. The van der Waals surface area contributed by atoms with E-state index in [9.17, 15) is 4.79 Å². The zero-order chi connectivity index (χ0) is 12.3. The van der Waals surface area contributed by atoms with E-state index < -0.39 is 0 Å². The predicted octanol–water partition coefficient (Wildman–Crippen LogP) is 1.32. The molecule has 2 rings (SSSR count). The standard InChI is InChI=1S/C13H16BNO2/c1-10(16)13-7-12(8-15(13)14)17-9-11-5-3-2-4-6-11/h2-6,12-13H,7-9H2,1H3/t12-,13+/m1/s1. The molecule has 0 bridgehead atoms. The van der Waals surface area contributed by atoms with Crippen molar-refractivity contribution < 1.29 is 9.53 Å². The molecule has 2 radical (unpaired) electrons. The normalized spacial score (nSPS) is 25.0. The first-order valence-electron chi connectivity index (χ1n) is 5.84. The molecule has 0 spiro atoms. The summed E-state index contributed by atoms with van der Waals surface area (Å²) in [6.45, 7) is 2.77. The van der Waals surface area contributed by atoms with Gasteiger partial charge in [0.05, 0.1) is 18.8 Å². The van der Waals surface area contributed by atoms with E-state index in [-0.39, 0.29) is 17.9 Å². The average molecular weight is 229 g/mol. The number of carbonyl (C=O) groups excluding carboxylic acids is 1. The van der Waals surface area contributed by atoms with Crippen LogP contribution in [0.5, 0.6) is 0 Å². The van der Waals surface area contributed by atoms with Crippen molar-refractivity contribution in [2.24, 2.45) is 0 Å². The molecule has 4 heteroatoms. The zero-order valence-electron chi connectivity index (χ0n) is 10.0. The van der Waals surface area contributed by atoms with Crippen molar-refractivity contribution in [1.82, 2.24) is 4.81 Å². The minimum absolute atomic E-state index is 0.0501. The largest absolute Gasteiger partial charge is 0.372 e. The number of Topliss-reactive ketones (excluding diaryl/α,β-unsaturated/α-hetero) is 1. The molecule has 1 aromatic carbocycles. The maximum absolute atomic E-state index is 11.3. The van der Waals surface area contributed by atoms with Crippen LogP contribution in [0, 0.1) is 0 Å². The van der Waals surface area contributed by atoms with Gasteiger partial charge in [-0.3, -0.25) is 4.79 Å². The van der Waals surface area contributed by atoms with Gasteiger partial charge in [0.15, 0.2) is 7.98 Å². The smallest absolute Gasteiger partial charge is 0.183 e. The minimum Gasteiger partial charge on any atom is -0.372 e. The van der Waals surface area contributed by atoms with Gasteiger partial charge in [0.25, 0.3) is 0 Å². The summed E-state index contributed by atoms with van der Waals surface area (Å²) in [5, 5.41) is 0. The Labute approximate surface area is 103 Å². The van der Waals surface area contributed by atoms with Crippen LogP contribution in [0.1, 0.15) is 18.9 Å². The van der Waals surface area contributed by atoms with Crippen LogP contribution in [0.3, 0.4) is 0 Å². The molecule has 1 aliphatic rings. The van der Waals surface area contributed by atoms with Gasteiger partial charge in [-0.2, -0.15) is 0 Å². The summed E-state index contributed by atoms with van der Waals surface area (Å²) in [5.41, 5.74) is 1.14. The average Bonchev–Trinajstić information content (AvgIpc) is 2.69. The lowest BCUT2D eigenvalue weighted by atomic mass is 10.1. The molecule has 0 amide bonds. The molecule has 1 aliphatic heterocycles. The maximum atomic E-state index is 11.3. The summed E-state index contributed by atoms with van der Waals surface area (Å²) in [7, 11) is 5.77. The fraction of sp³-hybridized carbons (Fsp3) is 0.462. The number of hydrogen-bond donors (Lipinski definition) is 0. The van der Waals surface area contributed by atoms with E-state index in [2.05, 4.69) is 0 Å². The molecule has 1 aromatic rings. The van der Waals surface area contributed by atoms with Crippen molar-refractivity contribution in [1.29, 1.82) is 0 Å². The third kappa shape index (κ3) is 3.17. The molecule has 0 saturated carbocycles. The summed E-state index contributed by atoms with van der Waals surface area (Å²) in [5.74, 6) is 0.110. The highest BCUT2D eigenvalue weighted by molar-refractivity contribution is 6.07. The summed E-state index contributed by atoms with van der Waals surface area (Å²) < 4.78 is 5.77. The molecule has 88 valence electrons. The highest BCUT2D eigenvalue weighted by atomic mass is 16.5. The summed E-state index contributed by atoms with van der Waals surface area (Å²) in [6.07, 6.45) is 0.743. The Morgan fingerprint density at radius 3 is 2.76 bits per heavy atom. The van der Waals surface area contributed by atoms with E-state index in [1.807, 2.05) is 30.3 Å². The van der Waals surface area contributed by atoms with Crippen LogP contribution < -0.4 is 0 Å². The van der Waals surface area contributed by atoms with Crippen LogP contribution >= 0.6 is 0 Å². The second kappa shape index (κ2) is 5.47.